The van der Waals surface area contributed by atoms with E-state index >= 15 is 0 Å². The van der Waals surface area contributed by atoms with Crippen molar-refractivity contribution in [3.05, 3.63) is 72.6 Å². The number of anilines is 1. The van der Waals surface area contributed by atoms with E-state index in [1.807, 2.05) is 54.6 Å². The van der Waals surface area contributed by atoms with Crippen molar-refractivity contribution in [2.45, 2.75) is 13.8 Å². The van der Waals surface area contributed by atoms with E-state index < -0.39 is 11.9 Å². The number of rotatable bonds is 7. The molecule has 0 fully saturated rings. The second-order valence-electron chi connectivity index (χ2n) is 6.07. The zero-order valence-electron chi connectivity index (χ0n) is 16.3. The maximum atomic E-state index is 12.1. The van der Waals surface area contributed by atoms with Gasteiger partial charge in [-0.15, -0.1) is 0 Å². The Hall–Kier alpha value is -3.67. The molecule has 0 atom stereocenters. The van der Waals surface area contributed by atoms with E-state index in [1.165, 1.54) is 6.20 Å². The van der Waals surface area contributed by atoms with Crippen LogP contribution in [0.4, 0.5) is 5.69 Å². The smallest absolute Gasteiger partial charge is 0.347 e. The number of carbonyl (C=O) groups excluding carboxylic acids is 2. The first kappa shape index (κ1) is 20.1. The van der Waals surface area contributed by atoms with E-state index in [4.69, 9.17) is 9.47 Å². The monoisotopic (exact) mass is 390 g/mol. The standard InChI is InChI=1S/C23H22N2O4/c1-3-28-22(26)19(23(27)29-4-2)15-25-20-12-8-11-18-17(13-14-24-21(18)20)16-9-6-5-7-10-16/h5-15,25H,3-4H2,1-2H3. The van der Waals surface area contributed by atoms with Crippen LogP contribution in [0, 0.1) is 0 Å². The fourth-order valence-electron chi connectivity index (χ4n) is 2.93. The zero-order chi connectivity index (χ0) is 20.6. The molecule has 1 heterocycles. The lowest BCUT2D eigenvalue weighted by molar-refractivity contribution is -0.146. The number of nitrogens with zero attached hydrogens (tertiary/aromatic N) is 1. The molecule has 29 heavy (non-hydrogen) atoms. The lowest BCUT2D eigenvalue weighted by Crippen LogP contribution is -2.19. The third-order valence-electron chi connectivity index (χ3n) is 4.22. The number of fused-ring (bicyclic) bond motifs is 1. The predicted octanol–water partition coefficient (Wildman–Crippen LogP) is 4.32. The second kappa shape index (κ2) is 9.50. The van der Waals surface area contributed by atoms with Crippen LogP contribution in [0.15, 0.2) is 72.6 Å². The van der Waals surface area contributed by atoms with Crippen LogP contribution in [0.3, 0.4) is 0 Å². The summed E-state index contributed by atoms with van der Waals surface area (Å²) in [5, 5.41) is 3.97. The minimum absolute atomic E-state index is 0.159. The summed E-state index contributed by atoms with van der Waals surface area (Å²) in [6.07, 6.45) is 3.04. The Morgan fingerprint density at radius 3 is 2.28 bits per heavy atom. The summed E-state index contributed by atoms with van der Waals surface area (Å²) in [6, 6.07) is 17.7. The van der Waals surface area contributed by atoms with Gasteiger partial charge in [0.25, 0.3) is 0 Å². The number of benzene rings is 2. The summed E-state index contributed by atoms with van der Waals surface area (Å²) >= 11 is 0. The van der Waals surface area contributed by atoms with Gasteiger partial charge in [-0.3, -0.25) is 4.98 Å². The van der Waals surface area contributed by atoms with E-state index in [1.54, 1.807) is 20.0 Å². The van der Waals surface area contributed by atoms with Crippen LogP contribution in [-0.4, -0.2) is 30.1 Å². The van der Waals surface area contributed by atoms with Crippen molar-refractivity contribution >= 4 is 28.5 Å². The first-order chi connectivity index (χ1) is 14.2. The topological polar surface area (TPSA) is 77.5 Å². The number of aromatic nitrogens is 1. The van der Waals surface area contributed by atoms with Gasteiger partial charge in [-0.2, -0.15) is 0 Å². The van der Waals surface area contributed by atoms with Gasteiger partial charge in [-0.1, -0.05) is 42.5 Å². The average molecular weight is 390 g/mol. The fraction of sp³-hybridized carbons (Fsp3) is 0.174. The van der Waals surface area contributed by atoms with Crippen LogP contribution in [0.1, 0.15) is 13.8 Å². The lowest BCUT2D eigenvalue weighted by atomic mass is 10.0. The molecule has 0 unspecified atom stereocenters. The highest BCUT2D eigenvalue weighted by Crippen LogP contribution is 2.30. The summed E-state index contributed by atoms with van der Waals surface area (Å²) in [4.78, 5) is 28.8. The number of nitrogens with one attached hydrogen (secondary N) is 1. The van der Waals surface area contributed by atoms with Gasteiger partial charge in [0.1, 0.15) is 0 Å². The minimum atomic E-state index is -0.739. The van der Waals surface area contributed by atoms with Crippen LogP contribution in [0.2, 0.25) is 0 Å². The second-order valence-corrected chi connectivity index (χ2v) is 6.07. The molecular weight excluding hydrogens is 368 g/mol. The van der Waals surface area contributed by atoms with Gasteiger partial charge in [0, 0.05) is 17.8 Å². The summed E-state index contributed by atoms with van der Waals surface area (Å²) in [7, 11) is 0. The normalized spacial score (nSPS) is 10.3. The Morgan fingerprint density at radius 1 is 0.931 bits per heavy atom. The molecule has 3 aromatic rings. The highest BCUT2D eigenvalue weighted by Gasteiger charge is 2.21. The molecule has 0 aliphatic rings. The average Bonchev–Trinajstić information content (AvgIpc) is 2.74. The first-order valence-corrected chi connectivity index (χ1v) is 9.39. The Kier molecular flexibility index (Phi) is 6.58. The van der Waals surface area contributed by atoms with Crippen molar-refractivity contribution in [2.24, 2.45) is 0 Å². The zero-order valence-corrected chi connectivity index (χ0v) is 16.3. The maximum Gasteiger partial charge on any atom is 0.347 e. The Bertz CT molecular complexity index is 1030. The third-order valence-corrected chi connectivity index (χ3v) is 4.22. The molecule has 0 bridgehead atoms. The number of esters is 2. The summed E-state index contributed by atoms with van der Waals surface area (Å²) in [6.45, 7) is 3.67. The summed E-state index contributed by atoms with van der Waals surface area (Å²) < 4.78 is 9.92. The molecule has 3 rings (SSSR count). The summed E-state index contributed by atoms with van der Waals surface area (Å²) in [5.41, 5.74) is 3.29. The van der Waals surface area contributed by atoms with E-state index in [0.29, 0.717) is 5.69 Å². The molecule has 2 aromatic carbocycles. The largest absolute Gasteiger partial charge is 0.462 e. The van der Waals surface area contributed by atoms with Gasteiger partial charge >= 0.3 is 11.9 Å². The molecule has 0 saturated carbocycles. The molecule has 1 aromatic heterocycles. The van der Waals surface area contributed by atoms with Crippen LogP contribution < -0.4 is 5.32 Å². The van der Waals surface area contributed by atoms with E-state index in [2.05, 4.69) is 10.3 Å². The van der Waals surface area contributed by atoms with Gasteiger partial charge in [-0.25, -0.2) is 9.59 Å². The highest BCUT2D eigenvalue weighted by molar-refractivity contribution is 6.14. The molecule has 1 N–H and O–H groups in total. The number of pyridine rings is 1. The molecule has 0 saturated heterocycles. The molecule has 0 amide bonds. The molecule has 0 spiro atoms. The third kappa shape index (κ3) is 4.60. The van der Waals surface area contributed by atoms with Gasteiger partial charge in [0.2, 0.25) is 0 Å². The van der Waals surface area contributed by atoms with Crippen LogP contribution in [-0.2, 0) is 19.1 Å². The van der Waals surface area contributed by atoms with Crippen LogP contribution >= 0.6 is 0 Å². The number of ether oxygens (including phenoxy) is 2. The Balaban J connectivity index is 2.00. The van der Waals surface area contributed by atoms with Gasteiger partial charge < -0.3 is 14.8 Å². The molecule has 0 aliphatic heterocycles. The van der Waals surface area contributed by atoms with Crippen molar-refractivity contribution in [3.8, 4) is 11.1 Å². The minimum Gasteiger partial charge on any atom is -0.462 e. The molecule has 0 radical (unpaired) electrons. The molecule has 6 heteroatoms. The van der Waals surface area contributed by atoms with Crippen molar-refractivity contribution in [2.75, 3.05) is 18.5 Å². The highest BCUT2D eigenvalue weighted by atomic mass is 16.6. The van der Waals surface area contributed by atoms with Gasteiger partial charge in [0.05, 0.1) is 24.4 Å². The predicted molar refractivity (Wildman–Crippen MR) is 112 cm³/mol. The molecule has 0 aliphatic carbocycles. The lowest BCUT2D eigenvalue weighted by Gasteiger charge is -2.11. The maximum absolute atomic E-state index is 12.1. The molecular formula is C23H22N2O4. The fourth-order valence-corrected chi connectivity index (χ4v) is 2.93. The van der Waals surface area contributed by atoms with Crippen LogP contribution in [0.5, 0.6) is 0 Å². The Morgan fingerprint density at radius 2 is 1.62 bits per heavy atom. The SMILES string of the molecule is CCOC(=O)C(=CNc1cccc2c(-c3ccccc3)ccnc12)C(=O)OCC. The van der Waals surface area contributed by atoms with Gasteiger partial charge in [-0.05, 0) is 37.1 Å². The summed E-state index contributed by atoms with van der Waals surface area (Å²) in [5.74, 6) is -1.48. The quantitative estimate of drug-likeness (QED) is 0.280. The molecule has 148 valence electrons. The van der Waals surface area contributed by atoms with Crippen molar-refractivity contribution in [3.63, 3.8) is 0 Å². The number of para-hydroxylation sites is 1. The van der Waals surface area contributed by atoms with Crippen molar-refractivity contribution < 1.29 is 19.1 Å². The Labute approximate surface area is 169 Å². The van der Waals surface area contributed by atoms with Crippen LogP contribution in [0.25, 0.3) is 22.0 Å². The van der Waals surface area contributed by atoms with E-state index in [-0.39, 0.29) is 18.8 Å². The molecule has 6 nitrogen and oxygen atoms in total. The van der Waals surface area contributed by atoms with E-state index in [0.717, 1.165) is 22.0 Å². The van der Waals surface area contributed by atoms with E-state index in [9.17, 15) is 9.59 Å². The van der Waals surface area contributed by atoms with Crippen molar-refractivity contribution in [1.29, 1.82) is 0 Å². The number of carbonyl (C=O) groups is 2. The number of hydrogen-bond donors (Lipinski definition) is 1. The first-order valence-electron chi connectivity index (χ1n) is 9.39. The number of hydrogen-bond acceptors (Lipinski definition) is 6. The van der Waals surface area contributed by atoms with Crippen molar-refractivity contribution in [1.82, 2.24) is 4.98 Å². The van der Waals surface area contributed by atoms with Gasteiger partial charge in [0.15, 0.2) is 5.57 Å².